The van der Waals surface area contributed by atoms with E-state index in [0.717, 1.165) is 11.3 Å². The van der Waals surface area contributed by atoms with E-state index in [2.05, 4.69) is 48.7 Å². The first-order valence-electron chi connectivity index (χ1n) is 8.24. The number of benzene rings is 2. The number of nitrogens with one attached hydrogen (secondary N) is 2. The molecule has 2 aromatic carbocycles. The molecule has 0 radical (unpaired) electrons. The van der Waals surface area contributed by atoms with Gasteiger partial charge < -0.3 is 10.6 Å². The monoisotopic (exact) mass is 310 g/mol. The fraction of sp³-hybridized carbons (Fsp3) is 0.350. The Morgan fingerprint density at radius 3 is 2.17 bits per heavy atom. The summed E-state index contributed by atoms with van der Waals surface area (Å²) in [5.41, 5.74) is 3.50. The van der Waals surface area contributed by atoms with Gasteiger partial charge in [0.05, 0.1) is 6.04 Å². The third-order valence-corrected chi connectivity index (χ3v) is 3.94. The Morgan fingerprint density at radius 1 is 0.913 bits per heavy atom. The van der Waals surface area contributed by atoms with Gasteiger partial charge in [0.25, 0.3) is 0 Å². The van der Waals surface area contributed by atoms with Crippen LogP contribution in [0.1, 0.15) is 50.3 Å². The molecule has 1 atom stereocenters. The molecular weight excluding hydrogens is 284 g/mol. The quantitative estimate of drug-likeness (QED) is 0.791. The van der Waals surface area contributed by atoms with Gasteiger partial charge in [-0.05, 0) is 36.1 Å². The van der Waals surface area contributed by atoms with Crippen LogP contribution in [0.25, 0.3) is 0 Å². The van der Waals surface area contributed by atoms with E-state index in [1.165, 1.54) is 5.56 Å². The molecule has 3 nitrogen and oxygen atoms in total. The molecule has 0 heterocycles. The Bertz CT molecular complexity index is 605. The third-order valence-electron chi connectivity index (χ3n) is 3.94. The van der Waals surface area contributed by atoms with Crippen LogP contribution in [0, 0.1) is 0 Å². The van der Waals surface area contributed by atoms with Crippen molar-refractivity contribution in [1.29, 1.82) is 0 Å². The predicted octanol–water partition coefficient (Wildman–Crippen LogP) is 4.49. The zero-order valence-electron chi connectivity index (χ0n) is 14.2. The molecule has 2 rings (SSSR count). The number of carbonyl (C=O) groups is 1. The van der Waals surface area contributed by atoms with Gasteiger partial charge in [-0.3, -0.25) is 4.79 Å². The third kappa shape index (κ3) is 5.44. The Kier molecular flexibility index (Phi) is 6.21. The Balaban J connectivity index is 1.74. The van der Waals surface area contributed by atoms with Crippen molar-refractivity contribution in [2.45, 2.75) is 39.2 Å². The second-order valence-electron chi connectivity index (χ2n) is 6.15. The van der Waals surface area contributed by atoms with Gasteiger partial charge in [0.15, 0.2) is 0 Å². The summed E-state index contributed by atoms with van der Waals surface area (Å²) in [6.07, 6.45) is 0.461. The Morgan fingerprint density at radius 2 is 1.57 bits per heavy atom. The zero-order valence-corrected chi connectivity index (χ0v) is 14.2. The molecule has 0 aromatic heterocycles. The summed E-state index contributed by atoms with van der Waals surface area (Å²) < 4.78 is 0. The highest BCUT2D eigenvalue weighted by Gasteiger charge is 2.08. The van der Waals surface area contributed by atoms with Crippen LogP contribution < -0.4 is 10.6 Å². The summed E-state index contributed by atoms with van der Waals surface area (Å²) in [5.74, 6) is 0.599. The van der Waals surface area contributed by atoms with Crippen molar-refractivity contribution in [3.63, 3.8) is 0 Å². The lowest BCUT2D eigenvalue weighted by atomic mass is 10.0. The molecule has 0 fully saturated rings. The molecule has 0 aliphatic carbocycles. The minimum atomic E-state index is 0.0361. The number of amides is 1. The molecule has 122 valence electrons. The molecule has 2 N–H and O–H groups in total. The molecule has 1 amide bonds. The first-order chi connectivity index (χ1) is 11.1. The number of carbonyl (C=O) groups excluding carboxylic acids is 1. The molecule has 2 aromatic rings. The minimum absolute atomic E-state index is 0.0361. The summed E-state index contributed by atoms with van der Waals surface area (Å²) in [7, 11) is 0. The van der Waals surface area contributed by atoms with Gasteiger partial charge in [-0.25, -0.2) is 0 Å². The number of hydrogen-bond acceptors (Lipinski definition) is 2. The van der Waals surface area contributed by atoms with Gasteiger partial charge >= 0.3 is 0 Å². The van der Waals surface area contributed by atoms with Crippen molar-refractivity contribution in [1.82, 2.24) is 5.32 Å². The van der Waals surface area contributed by atoms with Crippen LogP contribution in [-0.4, -0.2) is 12.5 Å². The van der Waals surface area contributed by atoms with Gasteiger partial charge in [0.1, 0.15) is 0 Å². The molecule has 1 unspecified atom stereocenters. The van der Waals surface area contributed by atoms with E-state index in [9.17, 15) is 4.79 Å². The normalized spacial score (nSPS) is 12.0. The fourth-order valence-electron chi connectivity index (χ4n) is 2.44. The Hall–Kier alpha value is -2.29. The summed E-state index contributed by atoms with van der Waals surface area (Å²) >= 11 is 0. The highest BCUT2D eigenvalue weighted by Crippen LogP contribution is 2.17. The first kappa shape index (κ1) is 17.1. The maximum absolute atomic E-state index is 12.0. The van der Waals surface area contributed by atoms with Crippen LogP contribution >= 0.6 is 0 Å². The van der Waals surface area contributed by atoms with Crippen molar-refractivity contribution in [3.05, 3.63) is 65.7 Å². The fourth-order valence-corrected chi connectivity index (χ4v) is 2.44. The van der Waals surface area contributed by atoms with Crippen molar-refractivity contribution in [3.8, 4) is 0 Å². The van der Waals surface area contributed by atoms with E-state index in [-0.39, 0.29) is 11.9 Å². The van der Waals surface area contributed by atoms with Crippen LogP contribution in [0.5, 0.6) is 0 Å². The van der Waals surface area contributed by atoms with E-state index in [4.69, 9.17) is 0 Å². The number of rotatable bonds is 7. The molecule has 0 spiro atoms. The summed E-state index contributed by atoms with van der Waals surface area (Å²) in [6.45, 7) is 7.00. The smallest absolute Gasteiger partial charge is 0.222 e. The van der Waals surface area contributed by atoms with Crippen LogP contribution in [0.4, 0.5) is 5.69 Å². The maximum Gasteiger partial charge on any atom is 0.222 e. The van der Waals surface area contributed by atoms with Crippen molar-refractivity contribution < 1.29 is 4.79 Å². The first-order valence-corrected chi connectivity index (χ1v) is 8.24. The number of hydrogen-bond donors (Lipinski definition) is 2. The van der Waals surface area contributed by atoms with E-state index in [0.29, 0.717) is 18.9 Å². The molecule has 0 saturated heterocycles. The summed E-state index contributed by atoms with van der Waals surface area (Å²) in [5, 5.41) is 6.32. The van der Waals surface area contributed by atoms with Crippen LogP contribution in [0.2, 0.25) is 0 Å². The van der Waals surface area contributed by atoms with Gasteiger partial charge in [0, 0.05) is 18.7 Å². The van der Waals surface area contributed by atoms with Crippen LogP contribution in [0.3, 0.4) is 0 Å². The summed E-state index contributed by atoms with van der Waals surface area (Å²) in [6, 6.07) is 18.4. The van der Waals surface area contributed by atoms with Crippen molar-refractivity contribution >= 4 is 11.6 Å². The van der Waals surface area contributed by atoms with E-state index < -0.39 is 0 Å². The lowest BCUT2D eigenvalue weighted by Gasteiger charge is -2.14. The molecule has 0 aliphatic rings. The van der Waals surface area contributed by atoms with Gasteiger partial charge in [0.2, 0.25) is 5.91 Å². The van der Waals surface area contributed by atoms with Crippen LogP contribution in [0.15, 0.2) is 54.6 Å². The van der Waals surface area contributed by atoms with Crippen molar-refractivity contribution in [2.75, 3.05) is 11.9 Å². The van der Waals surface area contributed by atoms with Crippen LogP contribution in [-0.2, 0) is 4.79 Å². The molecule has 0 saturated carbocycles. The average Bonchev–Trinajstić information content (AvgIpc) is 2.56. The van der Waals surface area contributed by atoms with E-state index in [1.807, 2.05) is 37.3 Å². The standard InChI is InChI=1S/C20H26N2O/c1-15(2)17-9-11-19(12-10-17)21-14-13-20(23)22-16(3)18-7-5-4-6-8-18/h4-12,15-16,21H,13-14H2,1-3H3,(H,22,23). The molecule has 0 bridgehead atoms. The van der Waals surface area contributed by atoms with E-state index in [1.54, 1.807) is 0 Å². The predicted molar refractivity (Wildman–Crippen MR) is 96.6 cm³/mol. The molecular formula is C20H26N2O. The van der Waals surface area contributed by atoms with Crippen molar-refractivity contribution in [2.24, 2.45) is 0 Å². The second-order valence-corrected chi connectivity index (χ2v) is 6.15. The minimum Gasteiger partial charge on any atom is -0.385 e. The van der Waals surface area contributed by atoms with E-state index >= 15 is 0 Å². The largest absolute Gasteiger partial charge is 0.385 e. The summed E-state index contributed by atoms with van der Waals surface area (Å²) in [4.78, 5) is 12.0. The zero-order chi connectivity index (χ0) is 16.7. The Labute approximate surface area is 139 Å². The lowest BCUT2D eigenvalue weighted by Crippen LogP contribution is -2.28. The average molecular weight is 310 g/mol. The maximum atomic E-state index is 12.0. The molecule has 3 heteroatoms. The van der Waals surface area contributed by atoms with Gasteiger partial charge in [-0.2, -0.15) is 0 Å². The van der Waals surface area contributed by atoms with Gasteiger partial charge in [-0.1, -0.05) is 56.3 Å². The molecule has 23 heavy (non-hydrogen) atoms. The lowest BCUT2D eigenvalue weighted by molar-refractivity contribution is -0.121. The topological polar surface area (TPSA) is 41.1 Å². The van der Waals surface area contributed by atoms with Gasteiger partial charge in [-0.15, -0.1) is 0 Å². The number of anilines is 1. The highest BCUT2D eigenvalue weighted by atomic mass is 16.1. The second kappa shape index (κ2) is 8.37. The highest BCUT2D eigenvalue weighted by molar-refractivity contribution is 5.77. The SMILES string of the molecule is CC(C)c1ccc(NCCC(=O)NC(C)c2ccccc2)cc1. The molecule has 0 aliphatic heterocycles.